The first-order valence-corrected chi connectivity index (χ1v) is 10.0. The summed E-state index contributed by atoms with van der Waals surface area (Å²) in [5.41, 5.74) is 2.05. The predicted octanol–water partition coefficient (Wildman–Crippen LogP) is 3.54. The minimum absolute atomic E-state index is 0.244. The van der Waals surface area contributed by atoms with E-state index in [0.29, 0.717) is 40.9 Å². The number of carbonyl (C=O) groups is 1. The van der Waals surface area contributed by atoms with Gasteiger partial charge in [0, 0.05) is 5.56 Å². The molecule has 2 heterocycles. The van der Waals surface area contributed by atoms with Crippen LogP contribution in [0.5, 0.6) is 17.2 Å². The first kappa shape index (κ1) is 19.6. The average molecular weight is 429 g/mol. The lowest BCUT2D eigenvalue weighted by Crippen LogP contribution is -2.24. The van der Waals surface area contributed by atoms with Crippen LogP contribution in [0.15, 0.2) is 72.8 Å². The minimum atomic E-state index is -0.527. The summed E-state index contributed by atoms with van der Waals surface area (Å²) in [5, 5.41) is 16.7. The van der Waals surface area contributed by atoms with Crippen LogP contribution in [0.25, 0.3) is 0 Å². The van der Waals surface area contributed by atoms with Gasteiger partial charge in [-0.15, -0.1) is 10.2 Å². The number of hydrogen-bond acceptors (Lipinski definition) is 7. The summed E-state index contributed by atoms with van der Waals surface area (Å²) in [6.07, 6.45) is -0.527. The van der Waals surface area contributed by atoms with Crippen LogP contribution >= 0.6 is 0 Å². The topological polar surface area (TPSA) is 111 Å². The first-order valence-electron chi connectivity index (χ1n) is 10.0. The van der Waals surface area contributed by atoms with Gasteiger partial charge in [0.15, 0.2) is 17.6 Å². The highest BCUT2D eigenvalue weighted by Gasteiger charge is 2.28. The summed E-state index contributed by atoms with van der Waals surface area (Å²) in [5.74, 6) is 1.74. The van der Waals surface area contributed by atoms with Crippen molar-refractivity contribution in [1.82, 2.24) is 20.6 Å². The molecule has 9 nitrogen and oxygen atoms in total. The molecular weight excluding hydrogens is 410 g/mol. The van der Waals surface area contributed by atoms with E-state index in [2.05, 4.69) is 25.9 Å². The number of nitrogens with zero attached hydrogens (tertiary/aromatic N) is 3. The van der Waals surface area contributed by atoms with E-state index in [4.69, 9.17) is 14.2 Å². The van der Waals surface area contributed by atoms with E-state index in [-0.39, 0.29) is 12.5 Å². The van der Waals surface area contributed by atoms with Crippen LogP contribution in [0.4, 0.5) is 5.69 Å². The zero-order valence-electron chi connectivity index (χ0n) is 16.9. The highest BCUT2D eigenvalue weighted by Crippen LogP contribution is 2.41. The molecule has 1 aromatic heterocycles. The number of benzene rings is 3. The molecule has 1 aliphatic rings. The number of H-pyrrole nitrogens is 1. The van der Waals surface area contributed by atoms with E-state index >= 15 is 0 Å². The van der Waals surface area contributed by atoms with E-state index in [1.54, 1.807) is 42.5 Å². The molecule has 0 saturated carbocycles. The summed E-state index contributed by atoms with van der Waals surface area (Å²) >= 11 is 0. The monoisotopic (exact) mass is 429 g/mol. The van der Waals surface area contributed by atoms with Crippen LogP contribution in [0.3, 0.4) is 0 Å². The maximum absolute atomic E-state index is 12.8. The highest BCUT2D eigenvalue weighted by molar-refractivity contribution is 6.05. The van der Waals surface area contributed by atoms with Crippen LogP contribution in [0, 0.1) is 0 Å². The van der Waals surface area contributed by atoms with Gasteiger partial charge >= 0.3 is 0 Å². The van der Waals surface area contributed by atoms with Crippen molar-refractivity contribution in [2.24, 2.45) is 0 Å². The smallest absolute Gasteiger partial charge is 0.255 e. The maximum atomic E-state index is 12.8. The molecule has 1 amide bonds. The second kappa shape index (κ2) is 8.76. The summed E-state index contributed by atoms with van der Waals surface area (Å²) in [6, 6.07) is 22.2. The van der Waals surface area contributed by atoms with Gasteiger partial charge in [0.25, 0.3) is 5.91 Å². The molecule has 32 heavy (non-hydrogen) atoms. The van der Waals surface area contributed by atoms with Crippen molar-refractivity contribution >= 4 is 11.6 Å². The van der Waals surface area contributed by atoms with Gasteiger partial charge in [-0.05, 0) is 42.0 Å². The van der Waals surface area contributed by atoms with Gasteiger partial charge in [0.1, 0.15) is 19.0 Å². The molecule has 2 N–H and O–H groups in total. The van der Waals surface area contributed by atoms with E-state index in [1.807, 2.05) is 30.3 Å². The summed E-state index contributed by atoms with van der Waals surface area (Å²) in [6.45, 7) is 0.704. The fourth-order valence-corrected chi connectivity index (χ4v) is 3.26. The zero-order valence-corrected chi connectivity index (χ0v) is 16.9. The molecule has 0 bridgehead atoms. The Morgan fingerprint density at radius 3 is 2.69 bits per heavy atom. The lowest BCUT2D eigenvalue weighted by molar-refractivity contribution is 0.0856. The molecule has 0 saturated heterocycles. The fourth-order valence-electron chi connectivity index (χ4n) is 3.26. The zero-order chi connectivity index (χ0) is 21.8. The number of carbonyl (C=O) groups excluding carboxylic acids is 1. The second-order valence-corrected chi connectivity index (χ2v) is 7.07. The highest BCUT2D eigenvalue weighted by atomic mass is 16.6. The summed E-state index contributed by atoms with van der Waals surface area (Å²) in [7, 11) is 0. The molecule has 1 unspecified atom stereocenters. The number of ether oxygens (including phenoxy) is 3. The molecule has 0 radical (unpaired) electrons. The second-order valence-electron chi connectivity index (χ2n) is 7.07. The Hall–Kier alpha value is -4.40. The molecule has 4 aromatic rings. The SMILES string of the molecule is O=C(Nc1cccc2c1OC(c1nn[nH]n1)CO2)c1ccc(OCc2ccccc2)cc1. The Morgan fingerprint density at radius 2 is 1.91 bits per heavy atom. The Balaban J connectivity index is 1.26. The molecule has 5 rings (SSSR count). The summed E-state index contributed by atoms with van der Waals surface area (Å²) < 4.78 is 17.5. The van der Waals surface area contributed by atoms with E-state index in [9.17, 15) is 4.79 Å². The number of amides is 1. The molecule has 0 spiro atoms. The quantitative estimate of drug-likeness (QED) is 0.482. The van der Waals surface area contributed by atoms with Crippen molar-refractivity contribution in [1.29, 1.82) is 0 Å². The number of rotatable bonds is 6. The molecule has 0 fully saturated rings. The molecule has 3 aromatic carbocycles. The normalized spacial score (nSPS) is 14.6. The Morgan fingerprint density at radius 1 is 1.06 bits per heavy atom. The van der Waals surface area contributed by atoms with E-state index in [0.717, 1.165) is 5.56 Å². The maximum Gasteiger partial charge on any atom is 0.255 e. The third kappa shape index (κ3) is 4.22. The van der Waals surface area contributed by atoms with Gasteiger partial charge in [-0.1, -0.05) is 41.6 Å². The predicted molar refractivity (Wildman–Crippen MR) is 115 cm³/mol. The number of tetrazole rings is 1. The Bertz CT molecular complexity index is 1200. The number of aromatic amines is 1. The van der Waals surface area contributed by atoms with Gasteiger partial charge in [0.05, 0.1) is 5.69 Å². The molecule has 0 aliphatic carbocycles. The molecular formula is C23H19N5O4. The van der Waals surface area contributed by atoms with Crippen molar-refractivity contribution in [2.75, 3.05) is 11.9 Å². The van der Waals surface area contributed by atoms with Crippen LogP contribution in [0.2, 0.25) is 0 Å². The largest absolute Gasteiger partial charge is 0.489 e. The van der Waals surface area contributed by atoms with Crippen LogP contribution < -0.4 is 19.5 Å². The van der Waals surface area contributed by atoms with Gasteiger partial charge < -0.3 is 19.5 Å². The van der Waals surface area contributed by atoms with Crippen molar-refractivity contribution in [3.05, 3.63) is 89.7 Å². The molecule has 1 atom stereocenters. The van der Waals surface area contributed by atoms with Crippen molar-refractivity contribution in [3.63, 3.8) is 0 Å². The van der Waals surface area contributed by atoms with Gasteiger partial charge in [-0.25, -0.2) is 0 Å². The van der Waals surface area contributed by atoms with Crippen molar-refractivity contribution < 1.29 is 19.0 Å². The Kier molecular flexibility index (Phi) is 5.36. The minimum Gasteiger partial charge on any atom is -0.489 e. The third-order valence-corrected chi connectivity index (χ3v) is 4.89. The van der Waals surface area contributed by atoms with Crippen LogP contribution in [-0.2, 0) is 6.61 Å². The van der Waals surface area contributed by atoms with Crippen molar-refractivity contribution in [3.8, 4) is 17.2 Å². The van der Waals surface area contributed by atoms with E-state index < -0.39 is 6.10 Å². The number of nitrogens with one attached hydrogen (secondary N) is 2. The number of hydrogen-bond donors (Lipinski definition) is 2. The van der Waals surface area contributed by atoms with Crippen molar-refractivity contribution in [2.45, 2.75) is 12.7 Å². The number of para-hydroxylation sites is 1. The Labute approximate surface area is 183 Å². The molecule has 160 valence electrons. The molecule has 9 heteroatoms. The summed E-state index contributed by atoms with van der Waals surface area (Å²) in [4.78, 5) is 12.8. The van der Waals surface area contributed by atoms with Crippen LogP contribution in [0.1, 0.15) is 27.8 Å². The van der Waals surface area contributed by atoms with Crippen LogP contribution in [-0.4, -0.2) is 33.1 Å². The standard InChI is InChI=1S/C23H19N5O4/c29-23(16-9-11-17(12-10-16)30-13-15-5-2-1-3-6-15)24-18-7-4-8-19-21(18)32-20(14-31-19)22-25-27-28-26-22/h1-12,20H,13-14H2,(H,24,29)(H,25,26,27,28). The lowest BCUT2D eigenvalue weighted by Gasteiger charge is -2.26. The van der Waals surface area contributed by atoms with Gasteiger partial charge in [-0.3, -0.25) is 4.79 Å². The van der Waals surface area contributed by atoms with Gasteiger partial charge in [-0.2, -0.15) is 5.21 Å². The first-order chi connectivity index (χ1) is 15.8. The number of aromatic nitrogens is 4. The third-order valence-electron chi connectivity index (χ3n) is 4.89. The molecule has 1 aliphatic heterocycles. The van der Waals surface area contributed by atoms with E-state index in [1.165, 1.54) is 0 Å². The fraction of sp³-hybridized carbons (Fsp3) is 0.130. The average Bonchev–Trinajstić information content (AvgIpc) is 3.39. The lowest BCUT2D eigenvalue weighted by atomic mass is 10.2. The number of anilines is 1. The number of fused-ring (bicyclic) bond motifs is 1. The van der Waals surface area contributed by atoms with Gasteiger partial charge in [0.2, 0.25) is 5.82 Å².